The maximum Gasteiger partial charge on any atom is 0.00756 e. The van der Waals surface area contributed by atoms with Gasteiger partial charge in [-0.2, -0.15) is 0 Å². The molecular formula is C17H21N. The highest BCUT2D eigenvalue weighted by Crippen LogP contribution is 2.65. The van der Waals surface area contributed by atoms with Crippen molar-refractivity contribution in [3.8, 4) is 0 Å². The first-order chi connectivity index (χ1) is 8.83. The van der Waals surface area contributed by atoms with Crippen LogP contribution >= 0.6 is 0 Å². The van der Waals surface area contributed by atoms with Crippen LogP contribution in [0.25, 0.3) is 6.08 Å². The molecule has 0 radical (unpaired) electrons. The molecule has 0 amide bonds. The highest BCUT2D eigenvalue weighted by atomic mass is 14.9. The molecule has 3 unspecified atom stereocenters. The van der Waals surface area contributed by atoms with Crippen LogP contribution in [0.2, 0.25) is 0 Å². The fourth-order valence-electron chi connectivity index (χ4n) is 4.41. The van der Waals surface area contributed by atoms with Gasteiger partial charge in [0.15, 0.2) is 0 Å². The van der Waals surface area contributed by atoms with Gasteiger partial charge in [-0.25, -0.2) is 0 Å². The Bertz CT molecular complexity index is 516. The van der Waals surface area contributed by atoms with Crippen molar-refractivity contribution in [1.82, 2.24) is 5.32 Å². The largest absolute Gasteiger partial charge is 0.317 e. The maximum atomic E-state index is 3.49. The van der Waals surface area contributed by atoms with Gasteiger partial charge in [0.05, 0.1) is 0 Å². The van der Waals surface area contributed by atoms with Gasteiger partial charge in [-0.05, 0) is 61.8 Å². The fraction of sp³-hybridized carbons (Fsp3) is 0.529. The van der Waals surface area contributed by atoms with E-state index in [4.69, 9.17) is 0 Å². The summed E-state index contributed by atoms with van der Waals surface area (Å²) in [4.78, 5) is 0. The molecule has 1 heteroatoms. The SMILES string of the molecule is CNC1CC2CC2(c2cccc3c2CCC=C3)C1. The molecule has 1 aromatic carbocycles. The van der Waals surface area contributed by atoms with Gasteiger partial charge in [-0.15, -0.1) is 0 Å². The van der Waals surface area contributed by atoms with E-state index in [1.165, 1.54) is 37.7 Å². The number of nitrogens with one attached hydrogen (secondary N) is 1. The molecule has 4 rings (SSSR count). The standard InChI is InChI=1S/C17H21N/c1-18-14-9-13-10-17(13,11-14)16-8-4-6-12-5-2-3-7-15(12)16/h2,4-6,8,13-14,18H,3,7,9-11H2,1H3. The van der Waals surface area contributed by atoms with Gasteiger partial charge >= 0.3 is 0 Å². The van der Waals surface area contributed by atoms with Gasteiger partial charge in [0.2, 0.25) is 0 Å². The minimum Gasteiger partial charge on any atom is -0.317 e. The first-order valence-electron chi connectivity index (χ1n) is 7.30. The van der Waals surface area contributed by atoms with E-state index in [0.717, 1.165) is 12.0 Å². The monoisotopic (exact) mass is 239 g/mol. The van der Waals surface area contributed by atoms with Gasteiger partial charge in [-0.1, -0.05) is 30.4 Å². The number of benzene rings is 1. The summed E-state index contributed by atoms with van der Waals surface area (Å²) in [5, 5.41) is 3.49. The molecule has 3 atom stereocenters. The van der Waals surface area contributed by atoms with Crippen molar-refractivity contribution in [2.45, 2.75) is 43.6 Å². The molecule has 18 heavy (non-hydrogen) atoms. The van der Waals surface area contributed by atoms with Crippen molar-refractivity contribution in [1.29, 1.82) is 0 Å². The summed E-state index contributed by atoms with van der Waals surface area (Å²) >= 11 is 0. The zero-order chi connectivity index (χ0) is 12.2. The Hall–Kier alpha value is -1.08. The summed E-state index contributed by atoms with van der Waals surface area (Å²) in [5.41, 5.74) is 5.36. The molecule has 2 saturated carbocycles. The number of allylic oxidation sites excluding steroid dienone is 1. The number of hydrogen-bond donors (Lipinski definition) is 1. The van der Waals surface area contributed by atoms with Crippen LogP contribution in [0.5, 0.6) is 0 Å². The van der Waals surface area contributed by atoms with E-state index in [1.807, 2.05) is 0 Å². The van der Waals surface area contributed by atoms with Crippen LogP contribution in [-0.4, -0.2) is 13.1 Å². The van der Waals surface area contributed by atoms with E-state index in [9.17, 15) is 0 Å². The lowest BCUT2D eigenvalue weighted by atomic mass is 9.83. The van der Waals surface area contributed by atoms with E-state index in [0.29, 0.717) is 5.41 Å². The topological polar surface area (TPSA) is 12.0 Å². The Morgan fingerprint density at radius 2 is 2.22 bits per heavy atom. The molecular weight excluding hydrogens is 218 g/mol. The van der Waals surface area contributed by atoms with Crippen LogP contribution in [0.3, 0.4) is 0 Å². The van der Waals surface area contributed by atoms with E-state index in [2.05, 4.69) is 42.7 Å². The molecule has 3 aliphatic rings. The van der Waals surface area contributed by atoms with Crippen LogP contribution in [0.4, 0.5) is 0 Å². The van der Waals surface area contributed by atoms with E-state index < -0.39 is 0 Å². The van der Waals surface area contributed by atoms with E-state index >= 15 is 0 Å². The molecule has 0 aromatic heterocycles. The molecule has 94 valence electrons. The van der Waals surface area contributed by atoms with Gasteiger partial charge in [-0.3, -0.25) is 0 Å². The summed E-state index contributed by atoms with van der Waals surface area (Å²) in [6.07, 6.45) is 11.3. The Kier molecular flexibility index (Phi) is 2.23. The lowest BCUT2D eigenvalue weighted by Crippen LogP contribution is -2.25. The Morgan fingerprint density at radius 1 is 1.28 bits per heavy atom. The minimum absolute atomic E-state index is 0.546. The number of hydrogen-bond acceptors (Lipinski definition) is 1. The summed E-state index contributed by atoms with van der Waals surface area (Å²) in [6.45, 7) is 0. The Labute approximate surface area is 109 Å². The molecule has 1 nitrogen and oxygen atoms in total. The minimum atomic E-state index is 0.546. The van der Waals surface area contributed by atoms with Gasteiger partial charge in [0, 0.05) is 11.5 Å². The van der Waals surface area contributed by atoms with Crippen LogP contribution in [0, 0.1) is 5.92 Å². The highest BCUT2D eigenvalue weighted by molar-refractivity contribution is 5.61. The van der Waals surface area contributed by atoms with Gasteiger partial charge in [0.1, 0.15) is 0 Å². The Morgan fingerprint density at radius 3 is 3.06 bits per heavy atom. The molecule has 0 heterocycles. The fourth-order valence-corrected chi connectivity index (χ4v) is 4.41. The first kappa shape index (κ1) is 10.8. The second kappa shape index (κ2) is 3.71. The van der Waals surface area contributed by atoms with Crippen LogP contribution in [0.15, 0.2) is 24.3 Å². The number of rotatable bonds is 2. The third-order valence-electron chi connectivity index (χ3n) is 5.43. The van der Waals surface area contributed by atoms with Crippen molar-refractivity contribution < 1.29 is 0 Å². The van der Waals surface area contributed by atoms with Gasteiger partial charge in [0.25, 0.3) is 0 Å². The quantitative estimate of drug-likeness (QED) is 0.835. The summed E-state index contributed by atoms with van der Waals surface area (Å²) in [5.74, 6) is 0.951. The van der Waals surface area contributed by atoms with Crippen molar-refractivity contribution >= 4 is 6.08 Å². The van der Waals surface area contributed by atoms with Crippen molar-refractivity contribution in [3.63, 3.8) is 0 Å². The second-order valence-electron chi connectivity index (χ2n) is 6.30. The Balaban J connectivity index is 1.77. The summed E-state index contributed by atoms with van der Waals surface area (Å²) < 4.78 is 0. The smallest absolute Gasteiger partial charge is 0.00756 e. The van der Waals surface area contributed by atoms with E-state index in [-0.39, 0.29) is 0 Å². The van der Waals surface area contributed by atoms with E-state index in [1.54, 1.807) is 11.1 Å². The molecule has 0 saturated heterocycles. The lowest BCUT2D eigenvalue weighted by molar-refractivity contribution is 0.506. The molecule has 0 bridgehead atoms. The normalized spacial score (nSPS) is 36.3. The molecule has 0 aliphatic heterocycles. The zero-order valence-corrected chi connectivity index (χ0v) is 11.1. The third-order valence-corrected chi connectivity index (χ3v) is 5.43. The van der Waals surface area contributed by atoms with Crippen molar-refractivity contribution in [2.24, 2.45) is 5.92 Å². The molecule has 3 aliphatic carbocycles. The van der Waals surface area contributed by atoms with Crippen LogP contribution in [-0.2, 0) is 11.8 Å². The van der Waals surface area contributed by atoms with Crippen LogP contribution < -0.4 is 5.32 Å². The summed E-state index contributed by atoms with van der Waals surface area (Å²) in [6, 6.07) is 7.71. The average molecular weight is 239 g/mol. The van der Waals surface area contributed by atoms with Crippen molar-refractivity contribution in [3.05, 3.63) is 41.0 Å². The molecule has 1 aromatic rings. The predicted octanol–water partition coefficient (Wildman–Crippen LogP) is 3.29. The second-order valence-corrected chi connectivity index (χ2v) is 6.30. The predicted molar refractivity (Wildman–Crippen MR) is 75.7 cm³/mol. The van der Waals surface area contributed by atoms with Gasteiger partial charge < -0.3 is 5.32 Å². The highest BCUT2D eigenvalue weighted by Gasteiger charge is 2.61. The average Bonchev–Trinajstić information content (AvgIpc) is 3.00. The first-order valence-corrected chi connectivity index (χ1v) is 7.30. The van der Waals surface area contributed by atoms with Crippen molar-refractivity contribution in [2.75, 3.05) is 7.05 Å². The maximum absolute atomic E-state index is 3.49. The third kappa shape index (κ3) is 1.37. The zero-order valence-electron chi connectivity index (χ0n) is 11.1. The summed E-state index contributed by atoms with van der Waals surface area (Å²) in [7, 11) is 2.12. The molecule has 2 fully saturated rings. The molecule has 0 spiro atoms. The number of fused-ring (bicyclic) bond motifs is 2. The van der Waals surface area contributed by atoms with Crippen LogP contribution in [0.1, 0.15) is 42.4 Å². The lowest BCUT2D eigenvalue weighted by Gasteiger charge is -2.23. The molecule has 1 N–H and O–H groups in total.